The highest BCUT2D eigenvalue weighted by molar-refractivity contribution is 5.97. The predicted octanol–water partition coefficient (Wildman–Crippen LogP) is 2.12. The summed E-state index contributed by atoms with van der Waals surface area (Å²) in [7, 11) is 0. The van der Waals surface area contributed by atoms with Gasteiger partial charge in [0.15, 0.2) is 0 Å². The molecule has 0 radical (unpaired) electrons. The summed E-state index contributed by atoms with van der Waals surface area (Å²) in [6.45, 7) is 2.02. The van der Waals surface area contributed by atoms with Gasteiger partial charge in [-0.3, -0.25) is 9.59 Å². The lowest BCUT2D eigenvalue weighted by Gasteiger charge is -2.24. The van der Waals surface area contributed by atoms with Crippen LogP contribution in [0.2, 0.25) is 0 Å². The van der Waals surface area contributed by atoms with Crippen LogP contribution in [0.3, 0.4) is 0 Å². The molecule has 2 rings (SSSR count). The lowest BCUT2D eigenvalue weighted by atomic mass is 10.1. The molecule has 1 aliphatic heterocycles. The van der Waals surface area contributed by atoms with Crippen molar-refractivity contribution >= 4 is 11.7 Å². The van der Waals surface area contributed by atoms with Gasteiger partial charge in [0.2, 0.25) is 0 Å². The number of carbonyl (C=O) groups is 2. The van der Waals surface area contributed by atoms with Gasteiger partial charge in [0.05, 0.1) is 5.56 Å². The summed E-state index contributed by atoms with van der Waals surface area (Å²) < 4.78 is 13.2. The molecule has 1 aromatic carbocycles. The van der Waals surface area contributed by atoms with Crippen molar-refractivity contribution in [2.24, 2.45) is 0 Å². The van der Waals surface area contributed by atoms with E-state index in [4.69, 9.17) is 0 Å². The van der Waals surface area contributed by atoms with Crippen LogP contribution < -0.4 is 0 Å². The molecule has 1 aliphatic rings. The maximum Gasteiger partial charge on any atom is 0.257 e. The fourth-order valence-corrected chi connectivity index (χ4v) is 2.48. The van der Waals surface area contributed by atoms with Crippen LogP contribution in [0.1, 0.15) is 36.5 Å². The number of aromatic hydroxyl groups is 1. The van der Waals surface area contributed by atoms with Gasteiger partial charge in [-0.25, -0.2) is 4.39 Å². The Labute approximate surface area is 110 Å². The van der Waals surface area contributed by atoms with Gasteiger partial charge in [0.1, 0.15) is 17.3 Å². The molecule has 1 fully saturated rings. The van der Waals surface area contributed by atoms with E-state index in [9.17, 15) is 19.1 Å². The van der Waals surface area contributed by atoms with E-state index in [-0.39, 0.29) is 23.1 Å². The predicted molar refractivity (Wildman–Crippen MR) is 67.4 cm³/mol. The summed E-state index contributed by atoms with van der Waals surface area (Å²) in [4.78, 5) is 25.0. The Hall–Kier alpha value is -1.91. The van der Waals surface area contributed by atoms with Gasteiger partial charge >= 0.3 is 0 Å². The molecule has 1 unspecified atom stereocenters. The van der Waals surface area contributed by atoms with E-state index in [1.165, 1.54) is 13.0 Å². The van der Waals surface area contributed by atoms with Crippen molar-refractivity contribution in [3.63, 3.8) is 0 Å². The number of hydrogen-bond donors (Lipinski definition) is 1. The minimum absolute atomic E-state index is 0.0214. The second-order valence-corrected chi connectivity index (χ2v) is 4.86. The number of halogens is 1. The Kier molecular flexibility index (Phi) is 3.83. The number of rotatable bonds is 3. The first-order chi connectivity index (χ1) is 8.99. The number of hydrogen-bond acceptors (Lipinski definition) is 3. The molecule has 1 atom stereocenters. The number of phenolic OH excluding ortho intramolecular Hbond substituents is 1. The summed E-state index contributed by atoms with van der Waals surface area (Å²) in [6.07, 6.45) is 1.89. The Morgan fingerprint density at radius 3 is 2.89 bits per heavy atom. The van der Waals surface area contributed by atoms with Crippen LogP contribution in [0.15, 0.2) is 18.2 Å². The summed E-state index contributed by atoms with van der Waals surface area (Å²) >= 11 is 0. The number of amides is 1. The molecule has 4 nitrogen and oxygen atoms in total. The second kappa shape index (κ2) is 5.38. The molecule has 0 aromatic heterocycles. The van der Waals surface area contributed by atoms with Crippen molar-refractivity contribution in [3.05, 3.63) is 29.6 Å². The Balaban J connectivity index is 2.23. The van der Waals surface area contributed by atoms with Crippen LogP contribution >= 0.6 is 0 Å². The third-order valence-corrected chi connectivity index (χ3v) is 3.35. The standard InChI is InChI=1S/C14H16FNO3/c1-9(17)7-11-3-2-6-16(11)14(19)12-8-10(15)4-5-13(12)18/h4-5,8,11,18H,2-3,6-7H2,1H3. The minimum atomic E-state index is -0.566. The molecule has 5 heteroatoms. The lowest BCUT2D eigenvalue weighted by molar-refractivity contribution is -0.117. The molecule has 1 aromatic rings. The molecule has 1 heterocycles. The smallest absolute Gasteiger partial charge is 0.257 e. The third-order valence-electron chi connectivity index (χ3n) is 3.35. The molecule has 0 saturated carbocycles. The zero-order chi connectivity index (χ0) is 14.0. The number of benzene rings is 1. The van der Waals surface area contributed by atoms with E-state index in [1.54, 1.807) is 4.90 Å². The number of likely N-dealkylation sites (tertiary alicyclic amines) is 1. The van der Waals surface area contributed by atoms with Crippen LogP contribution in [0, 0.1) is 5.82 Å². The van der Waals surface area contributed by atoms with Crippen molar-refractivity contribution in [1.29, 1.82) is 0 Å². The number of Topliss-reactive ketones (excluding diaryl/α,β-unsaturated/α-hetero) is 1. The first-order valence-electron chi connectivity index (χ1n) is 6.28. The maximum absolute atomic E-state index is 13.2. The molecule has 19 heavy (non-hydrogen) atoms. The van der Waals surface area contributed by atoms with Crippen molar-refractivity contribution in [2.75, 3.05) is 6.54 Å². The van der Waals surface area contributed by atoms with E-state index >= 15 is 0 Å². The molecule has 0 aliphatic carbocycles. The Morgan fingerprint density at radius 1 is 1.47 bits per heavy atom. The number of carbonyl (C=O) groups excluding carboxylic acids is 2. The molecular weight excluding hydrogens is 249 g/mol. The summed E-state index contributed by atoms with van der Waals surface area (Å²) in [5.41, 5.74) is -0.0459. The van der Waals surface area contributed by atoms with Crippen LogP contribution in [-0.2, 0) is 4.79 Å². The first kappa shape index (κ1) is 13.5. The molecule has 1 amide bonds. The third kappa shape index (κ3) is 2.92. The highest BCUT2D eigenvalue weighted by atomic mass is 19.1. The van der Waals surface area contributed by atoms with Gasteiger partial charge in [0.25, 0.3) is 5.91 Å². The summed E-state index contributed by atoms with van der Waals surface area (Å²) in [6, 6.07) is 3.15. The van der Waals surface area contributed by atoms with E-state index in [1.807, 2.05) is 0 Å². The van der Waals surface area contributed by atoms with Gasteiger partial charge < -0.3 is 10.0 Å². The largest absolute Gasteiger partial charge is 0.507 e. The zero-order valence-corrected chi connectivity index (χ0v) is 10.7. The van der Waals surface area contributed by atoms with E-state index < -0.39 is 11.7 Å². The number of ketones is 1. The van der Waals surface area contributed by atoms with Crippen molar-refractivity contribution < 1.29 is 19.1 Å². The highest BCUT2D eigenvalue weighted by Crippen LogP contribution is 2.26. The minimum Gasteiger partial charge on any atom is -0.507 e. The summed E-state index contributed by atoms with van der Waals surface area (Å²) in [5.74, 6) is -1.20. The number of phenols is 1. The first-order valence-corrected chi connectivity index (χ1v) is 6.28. The fraction of sp³-hybridized carbons (Fsp3) is 0.429. The SMILES string of the molecule is CC(=O)CC1CCCN1C(=O)c1cc(F)ccc1O. The average Bonchev–Trinajstić information content (AvgIpc) is 2.78. The van der Waals surface area contributed by atoms with Gasteiger partial charge in [-0.05, 0) is 38.0 Å². The number of nitrogens with zero attached hydrogens (tertiary/aromatic N) is 1. The Morgan fingerprint density at radius 2 is 2.21 bits per heavy atom. The Bertz CT molecular complexity index is 515. The fourth-order valence-electron chi connectivity index (χ4n) is 2.48. The molecule has 1 saturated heterocycles. The average molecular weight is 265 g/mol. The van der Waals surface area contributed by atoms with Crippen LogP contribution in [-0.4, -0.2) is 34.3 Å². The van der Waals surface area contributed by atoms with Crippen molar-refractivity contribution in [3.8, 4) is 5.75 Å². The van der Waals surface area contributed by atoms with Crippen LogP contribution in [0.25, 0.3) is 0 Å². The molecule has 1 N–H and O–H groups in total. The monoisotopic (exact) mass is 265 g/mol. The normalized spacial score (nSPS) is 18.6. The summed E-state index contributed by atoms with van der Waals surface area (Å²) in [5, 5.41) is 9.65. The van der Waals surface area contributed by atoms with E-state index in [2.05, 4.69) is 0 Å². The van der Waals surface area contributed by atoms with Crippen molar-refractivity contribution in [2.45, 2.75) is 32.2 Å². The zero-order valence-electron chi connectivity index (χ0n) is 10.7. The van der Waals surface area contributed by atoms with Gasteiger partial charge in [-0.15, -0.1) is 0 Å². The molecule has 0 bridgehead atoms. The molecule has 102 valence electrons. The molecular formula is C14H16FNO3. The topological polar surface area (TPSA) is 57.6 Å². The van der Waals surface area contributed by atoms with E-state index in [0.717, 1.165) is 25.0 Å². The molecule has 0 spiro atoms. The second-order valence-electron chi connectivity index (χ2n) is 4.86. The highest BCUT2D eigenvalue weighted by Gasteiger charge is 2.31. The van der Waals surface area contributed by atoms with Gasteiger partial charge in [-0.1, -0.05) is 0 Å². The maximum atomic E-state index is 13.2. The lowest BCUT2D eigenvalue weighted by Crippen LogP contribution is -2.36. The van der Waals surface area contributed by atoms with E-state index in [0.29, 0.717) is 13.0 Å². The van der Waals surface area contributed by atoms with Crippen LogP contribution in [0.4, 0.5) is 4.39 Å². The van der Waals surface area contributed by atoms with Gasteiger partial charge in [0, 0.05) is 19.0 Å². The van der Waals surface area contributed by atoms with Crippen molar-refractivity contribution in [1.82, 2.24) is 4.90 Å². The van der Waals surface area contributed by atoms with Gasteiger partial charge in [-0.2, -0.15) is 0 Å². The van der Waals surface area contributed by atoms with Crippen LogP contribution in [0.5, 0.6) is 5.75 Å². The quantitative estimate of drug-likeness (QED) is 0.910.